The van der Waals surface area contributed by atoms with Crippen LogP contribution in [-0.4, -0.2) is 43.7 Å². The number of halogens is 1. The number of benzene rings is 1. The van der Waals surface area contributed by atoms with Gasteiger partial charge in [0.25, 0.3) is 0 Å². The van der Waals surface area contributed by atoms with Crippen molar-refractivity contribution in [3.63, 3.8) is 0 Å². The lowest BCUT2D eigenvalue weighted by Crippen LogP contribution is -2.45. The molecule has 2 heterocycles. The van der Waals surface area contributed by atoms with Crippen molar-refractivity contribution in [2.75, 3.05) is 20.3 Å². The van der Waals surface area contributed by atoms with Gasteiger partial charge in [-0.25, -0.2) is 4.39 Å². The van der Waals surface area contributed by atoms with E-state index in [1.807, 2.05) is 0 Å². The third-order valence-corrected chi connectivity index (χ3v) is 5.15. The first kappa shape index (κ1) is 18.6. The zero-order valence-electron chi connectivity index (χ0n) is 15.0. The number of methoxy groups -OCH3 is 1. The molecule has 0 aliphatic carbocycles. The Balaban J connectivity index is 1.64. The molecular weight excluding hydrogens is 339 g/mol. The highest BCUT2D eigenvalue weighted by Gasteiger charge is 2.38. The lowest BCUT2D eigenvalue weighted by atomic mass is 9.84. The van der Waals surface area contributed by atoms with Crippen LogP contribution in [-0.2, 0) is 20.7 Å². The molecule has 6 nitrogen and oxygen atoms in total. The molecule has 142 valence electrons. The fraction of sp³-hybridized carbons (Fsp3) is 0.579. The van der Waals surface area contributed by atoms with Crippen molar-refractivity contribution < 1.29 is 23.5 Å². The Morgan fingerprint density at radius 3 is 2.96 bits per heavy atom. The van der Waals surface area contributed by atoms with Crippen LogP contribution < -0.4 is 15.4 Å². The Bertz CT molecular complexity index is 676. The van der Waals surface area contributed by atoms with E-state index in [0.29, 0.717) is 50.2 Å². The molecule has 3 rings (SSSR count). The molecule has 0 aromatic heterocycles. The average molecular weight is 364 g/mol. The molecule has 1 aromatic rings. The van der Waals surface area contributed by atoms with E-state index in [9.17, 15) is 14.0 Å². The lowest BCUT2D eigenvalue weighted by molar-refractivity contribution is -0.123. The number of ether oxygens (including phenoxy) is 2. The van der Waals surface area contributed by atoms with Gasteiger partial charge in [-0.2, -0.15) is 0 Å². The van der Waals surface area contributed by atoms with Gasteiger partial charge in [-0.3, -0.25) is 9.59 Å². The van der Waals surface area contributed by atoms with Crippen LogP contribution in [0.1, 0.15) is 37.7 Å². The molecule has 1 aromatic carbocycles. The Kier molecular flexibility index (Phi) is 5.76. The number of amides is 2. The molecule has 2 N–H and O–H groups in total. The minimum atomic E-state index is -0.587. The van der Waals surface area contributed by atoms with Crippen molar-refractivity contribution in [3.8, 4) is 5.75 Å². The van der Waals surface area contributed by atoms with Crippen LogP contribution in [0, 0.1) is 5.82 Å². The molecule has 2 aliphatic rings. The largest absolute Gasteiger partial charge is 0.497 e. The molecule has 2 saturated heterocycles. The van der Waals surface area contributed by atoms with E-state index in [-0.39, 0.29) is 30.1 Å². The summed E-state index contributed by atoms with van der Waals surface area (Å²) in [5.41, 5.74) is -0.0756. The van der Waals surface area contributed by atoms with Crippen LogP contribution in [0.4, 0.5) is 4.39 Å². The number of carbonyl (C=O) groups is 2. The topological polar surface area (TPSA) is 76.7 Å². The maximum absolute atomic E-state index is 14.3. The van der Waals surface area contributed by atoms with Crippen LogP contribution >= 0.6 is 0 Å². The second-order valence-corrected chi connectivity index (χ2v) is 7.09. The van der Waals surface area contributed by atoms with Crippen molar-refractivity contribution in [3.05, 3.63) is 29.6 Å². The second-order valence-electron chi connectivity index (χ2n) is 7.09. The van der Waals surface area contributed by atoms with E-state index in [2.05, 4.69) is 10.6 Å². The molecule has 0 radical (unpaired) electrons. The van der Waals surface area contributed by atoms with Crippen molar-refractivity contribution in [1.82, 2.24) is 10.6 Å². The summed E-state index contributed by atoms with van der Waals surface area (Å²) >= 11 is 0. The standard InChI is InChI=1S/C19H25FN2O4/c1-25-15-3-2-13(16(20)10-15)11-19(8-5-18(24)22-19)7-4-17(23)21-14-6-9-26-12-14/h2-3,10,14H,4-9,11-12H2,1H3,(H,21,23)(H,22,24)/t14-,19+/m0/s1. The number of hydrogen-bond donors (Lipinski definition) is 2. The normalized spacial score (nSPS) is 25.2. The third kappa shape index (κ3) is 4.52. The smallest absolute Gasteiger partial charge is 0.220 e. The summed E-state index contributed by atoms with van der Waals surface area (Å²) in [5, 5.41) is 5.93. The van der Waals surface area contributed by atoms with Gasteiger partial charge in [-0.1, -0.05) is 6.07 Å². The first-order valence-electron chi connectivity index (χ1n) is 9.00. The number of nitrogens with one attached hydrogen (secondary N) is 2. The molecule has 2 fully saturated rings. The van der Waals surface area contributed by atoms with Gasteiger partial charge in [-0.15, -0.1) is 0 Å². The molecule has 0 bridgehead atoms. The van der Waals surface area contributed by atoms with Gasteiger partial charge in [0.1, 0.15) is 11.6 Å². The predicted octanol–water partition coefficient (Wildman–Crippen LogP) is 1.71. The van der Waals surface area contributed by atoms with E-state index in [1.165, 1.54) is 13.2 Å². The molecule has 0 unspecified atom stereocenters. The predicted molar refractivity (Wildman–Crippen MR) is 93.4 cm³/mol. The highest BCUT2D eigenvalue weighted by Crippen LogP contribution is 2.31. The van der Waals surface area contributed by atoms with Gasteiger partial charge in [0.15, 0.2) is 0 Å². The molecule has 7 heteroatoms. The fourth-order valence-electron chi connectivity index (χ4n) is 3.65. The van der Waals surface area contributed by atoms with Gasteiger partial charge in [-0.05, 0) is 37.3 Å². The summed E-state index contributed by atoms with van der Waals surface area (Å²) in [5.74, 6) is -0.0221. The molecule has 2 amide bonds. The molecule has 0 saturated carbocycles. The first-order valence-corrected chi connectivity index (χ1v) is 9.00. The SMILES string of the molecule is COc1ccc(C[C@@]2(CCC(=O)N[C@H]3CCOC3)CCC(=O)N2)c(F)c1. The summed E-state index contributed by atoms with van der Waals surface area (Å²) in [6.45, 7) is 1.21. The minimum Gasteiger partial charge on any atom is -0.497 e. The molecule has 26 heavy (non-hydrogen) atoms. The van der Waals surface area contributed by atoms with Crippen LogP contribution in [0.2, 0.25) is 0 Å². The van der Waals surface area contributed by atoms with Crippen LogP contribution in [0.25, 0.3) is 0 Å². The molecule has 0 spiro atoms. The van der Waals surface area contributed by atoms with Crippen molar-refractivity contribution in [2.45, 2.75) is 50.1 Å². The number of carbonyl (C=O) groups excluding carboxylic acids is 2. The van der Waals surface area contributed by atoms with Crippen molar-refractivity contribution in [1.29, 1.82) is 0 Å². The van der Waals surface area contributed by atoms with Crippen LogP contribution in [0.15, 0.2) is 18.2 Å². The van der Waals surface area contributed by atoms with Crippen molar-refractivity contribution in [2.24, 2.45) is 0 Å². The van der Waals surface area contributed by atoms with Gasteiger partial charge in [0.2, 0.25) is 11.8 Å². The molecule has 2 aliphatic heterocycles. The number of rotatable bonds is 7. The third-order valence-electron chi connectivity index (χ3n) is 5.15. The summed E-state index contributed by atoms with van der Waals surface area (Å²) in [7, 11) is 1.49. The fourth-order valence-corrected chi connectivity index (χ4v) is 3.65. The molecule has 2 atom stereocenters. The maximum atomic E-state index is 14.3. The zero-order valence-corrected chi connectivity index (χ0v) is 15.0. The van der Waals surface area contributed by atoms with E-state index in [1.54, 1.807) is 12.1 Å². The number of hydrogen-bond acceptors (Lipinski definition) is 4. The highest BCUT2D eigenvalue weighted by molar-refractivity contribution is 5.80. The van der Waals surface area contributed by atoms with Crippen LogP contribution in [0.3, 0.4) is 0 Å². The summed E-state index contributed by atoms with van der Waals surface area (Å²) in [6.07, 6.45) is 2.93. The highest BCUT2D eigenvalue weighted by atomic mass is 19.1. The maximum Gasteiger partial charge on any atom is 0.220 e. The first-order chi connectivity index (χ1) is 12.5. The van der Waals surface area contributed by atoms with E-state index >= 15 is 0 Å². The zero-order chi connectivity index (χ0) is 18.6. The Morgan fingerprint density at radius 1 is 1.50 bits per heavy atom. The summed E-state index contributed by atoms with van der Waals surface area (Å²) in [6, 6.07) is 4.79. The van der Waals surface area contributed by atoms with Crippen LogP contribution in [0.5, 0.6) is 5.75 Å². The van der Waals surface area contributed by atoms with Gasteiger partial charge in [0.05, 0.1) is 19.8 Å². The lowest BCUT2D eigenvalue weighted by Gasteiger charge is -2.29. The van der Waals surface area contributed by atoms with E-state index in [4.69, 9.17) is 9.47 Å². The summed E-state index contributed by atoms with van der Waals surface area (Å²) in [4.78, 5) is 24.0. The monoisotopic (exact) mass is 364 g/mol. The quantitative estimate of drug-likeness (QED) is 0.772. The van der Waals surface area contributed by atoms with Gasteiger partial charge >= 0.3 is 0 Å². The Labute approximate surface area is 152 Å². The van der Waals surface area contributed by atoms with E-state index < -0.39 is 5.54 Å². The second kappa shape index (κ2) is 8.03. The van der Waals surface area contributed by atoms with Gasteiger partial charge in [0, 0.05) is 31.1 Å². The average Bonchev–Trinajstić information content (AvgIpc) is 3.25. The minimum absolute atomic E-state index is 0.0523. The van der Waals surface area contributed by atoms with Crippen molar-refractivity contribution >= 4 is 11.8 Å². The summed E-state index contributed by atoms with van der Waals surface area (Å²) < 4.78 is 24.6. The Hall–Kier alpha value is -2.15. The van der Waals surface area contributed by atoms with Gasteiger partial charge < -0.3 is 20.1 Å². The Morgan fingerprint density at radius 2 is 2.35 bits per heavy atom. The molecular formula is C19H25FN2O4. The van der Waals surface area contributed by atoms with E-state index in [0.717, 1.165) is 6.42 Å².